The molecule has 0 saturated heterocycles. The van der Waals surface area contributed by atoms with Crippen molar-refractivity contribution in [2.24, 2.45) is 0 Å². The van der Waals surface area contributed by atoms with E-state index in [4.69, 9.17) is 14.2 Å². The van der Waals surface area contributed by atoms with Crippen LogP contribution in [0.4, 0.5) is 10.5 Å². The minimum absolute atomic E-state index is 0.233. The maximum Gasteiger partial charge on any atom is 0.326 e. The summed E-state index contributed by atoms with van der Waals surface area (Å²) in [5.74, 6) is 1.54. The van der Waals surface area contributed by atoms with Gasteiger partial charge in [-0.25, -0.2) is 4.79 Å². The first-order chi connectivity index (χ1) is 16.9. The first kappa shape index (κ1) is 22.4. The molecule has 4 aromatic rings. The standard InChI is InChI=1S/C28H26N4O3/c1-17-11-13-20(14-12-17)26-30-27(35-31-26)24-19(3)32(22-9-5-7-18(2)15-22)28(33)29-25(24)21-8-6-10-23(16-21)34-4/h5-16,25H,1-4H3,(H,29,33). The van der Waals surface area contributed by atoms with Gasteiger partial charge in [-0.2, -0.15) is 4.98 Å². The number of hydrogen-bond donors (Lipinski definition) is 1. The zero-order valence-corrected chi connectivity index (χ0v) is 20.1. The van der Waals surface area contributed by atoms with E-state index in [0.717, 1.165) is 33.5 Å². The van der Waals surface area contributed by atoms with Crippen LogP contribution in [0.5, 0.6) is 5.75 Å². The minimum atomic E-state index is -0.495. The third-order valence-electron chi connectivity index (χ3n) is 6.14. The van der Waals surface area contributed by atoms with Crippen molar-refractivity contribution in [1.29, 1.82) is 0 Å². The number of hydrogen-bond acceptors (Lipinski definition) is 5. The van der Waals surface area contributed by atoms with E-state index < -0.39 is 6.04 Å². The smallest absolute Gasteiger partial charge is 0.326 e. The van der Waals surface area contributed by atoms with E-state index in [1.54, 1.807) is 12.0 Å². The zero-order chi connectivity index (χ0) is 24.5. The molecule has 0 spiro atoms. The van der Waals surface area contributed by atoms with E-state index in [1.807, 2.05) is 93.6 Å². The number of allylic oxidation sites excluding steroid dienone is 1. The van der Waals surface area contributed by atoms with Gasteiger partial charge in [-0.3, -0.25) is 4.90 Å². The summed E-state index contributed by atoms with van der Waals surface area (Å²) in [5, 5.41) is 7.38. The fourth-order valence-corrected chi connectivity index (χ4v) is 4.32. The highest BCUT2D eigenvalue weighted by Gasteiger charge is 2.36. The van der Waals surface area contributed by atoms with Crippen LogP contribution in [0.25, 0.3) is 17.0 Å². The number of aromatic nitrogens is 2. The van der Waals surface area contributed by atoms with Crippen molar-refractivity contribution in [2.75, 3.05) is 12.0 Å². The Kier molecular flexibility index (Phi) is 5.82. The van der Waals surface area contributed by atoms with E-state index in [2.05, 4.69) is 10.5 Å². The Hall–Kier alpha value is -4.39. The largest absolute Gasteiger partial charge is 0.497 e. The Morgan fingerprint density at radius 2 is 1.71 bits per heavy atom. The van der Waals surface area contributed by atoms with Gasteiger partial charge >= 0.3 is 6.03 Å². The number of nitrogens with zero attached hydrogens (tertiary/aromatic N) is 3. The molecule has 176 valence electrons. The van der Waals surface area contributed by atoms with Gasteiger partial charge in [0.15, 0.2) is 0 Å². The number of ether oxygens (including phenoxy) is 1. The van der Waals surface area contributed by atoms with Gasteiger partial charge in [-0.15, -0.1) is 0 Å². The first-order valence-corrected chi connectivity index (χ1v) is 11.4. The number of anilines is 1. The van der Waals surface area contributed by atoms with Gasteiger partial charge in [0.05, 0.1) is 24.4 Å². The van der Waals surface area contributed by atoms with Gasteiger partial charge in [-0.1, -0.05) is 59.3 Å². The maximum absolute atomic E-state index is 13.4. The SMILES string of the molecule is COc1cccc(C2NC(=O)N(c3cccc(C)c3)C(C)=C2c2nc(-c3ccc(C)cc3)no2)c1. The van der Waals surface area contributed by atoms with Crippen LogP contribution in [0.2, 0.25) is 0 Å². The molecule has 1 unspecified atom stereocenters. The predicted molar refractivity (Wildman–Crippen MR) is 135 cm³/mol. The van der Waals surface area contributed by atoms with E-state index in [9.17, 15) is 4.79 Å². The Balaban J connectivity index is 1.66. The summed E-state index contributed by atoms with van der Waals surface area (Å²) in [5.41, 5.74) is 6.12. The topological polar surface area (TPSA) is 80.5 Å². The fourth-order valence-electron chi connectivity index (χ4n) is 4.32. The summed E-state index contributed by atoms with van der Waals surface area (Å²) < 4.78 is 11.2. The summed E-state index contributed by atoms with van der Waals surface area (Å²) in [6.45, 7) is 5.93. The molecule has 1 aliphatic rings. The summed E-state index contributed by atoms with van der Waals surface area (Å²) in [6, 6.07) is 22.6. The predicted octanol–water partition coefficient (Wildman–Crippen LogP) is 6.06. The van der Waals surface area contributed by atoms with Crippen LogP contribution < -0.4 is 15.0 Å². The maximum atomic E-state index is 13.4. The van der Waals surface area contributed by atoms with Crippen molar-refractivity contribution < 1.29 is 14.1 Å². The summed E-state index contributed by atoms with van der Waals surface area (Å²) in [6.07, 6.45) is 0. The quantitative estimate of drug-likeness (QED) is 0.386. The summed E-state index contributed by atoms with van der Waals surface area (Å²) >= 11 is 0. The number of amides is 2. The number of aryl methyl sites for hydroxylation is 2. The number of urea groups is 1. The normalized spacial score (nSPS) is 15.8. The average Bonchev–Trinajstić information content (AvgIpc) is 3.34. The second-order valence-corrected chi connectivity index (χ2v) is 8.62. The van der Waals surface area contributed by atoms with Gasteiger partial charge < -0.3 is 14.6 Å². The van der Waals surface area contributed by atoms with Crippen LogP contribution >= 0.6 is 0 Å². The molecule has 7 heteroatoms. The van der Waals surface area contributed by atoms with E-state index >= 15 is 0 Å². The van der Waals surface area contributed by atoms with E-state index in [-0.39, 0.29) is 6.03 Å². The van der Waals surface area contributed by atoms with Gasteiger partial charge in [0.1, 0.15) is 5.75 Å². The summed E-state index contributed by atoms with van der Waals surface area (Å²) in [7, 11) is 1.62. The number of carbonyl (C=O) groups is 1. The van der Waals surface area contributed by atoms with Crippen molar-refractivity contribution in [3.8, 4) is 17.1 Å². The molecule has 0 aliphatic carbocycles. The molecule has 5 rings (SSSR count). The molecule has 0 bridgehead atoms. The first-order valence-electron chi connectivity index (χ1n) is 11.4. The van der Waals surface area contributed by atoms with Gasteiger partial charge in [0, 0.05) is 11.3 Å². The molecule has 35 heavy (non-hydrogen) atoms. The molecule has 2 amide bonds. The van der Waals surface area contributed by atoms with Crippen molar-refractivity contribution in [3.63, 3.8) is 0 Å². The van der Waals surface area contributed by atoms with Crippen LogP contribution in [0.3, 0.4) is 0 Å². The Morgan fingerprint density at radius 3 is 2.46 bits per heavy atom. The highest BCUT2D eigenvalue weighted by atomic mass is 16.5. The van der Waals surface area contributed by atoms with E-state index in [1.165, 1.54) is 0 Å². The lowest BCUT2D eigenvalue weighted by atomic mass is 9.94. The monoisotopic (exact) mass is 466 g/mol. The molecule has 3 aromatic carbocycles. The molecule has 7 nitrogen and oxygen atoms in total. The lowest BCUT2D eigenvalue weighted by molar-refractivity contribution is 0.244. The molecule has 1 N–H and O–H groups in total. The van der Waals surface area contributed by atoms with Crippen LogP contribution in [-0.4, -0.2) is 23.3 Å². The lowest BCUT2D eigenvalue weighted by Crippen LogP contribution is -2.46. The highest BCUT2D eigenvalue weighted by Crippen LogP contribution is 2.39. The Morgan fingerprint density at radius 1 is 0.943 bits per heavy atom. The lowest BCUT2D eigenvalue weighted by Gasteiger charge is -2.35. The number of methoxy groups -OCH3 is 1. The van der Waals surface area contributed by atoms with Gasteiger partial charge in [-0.05, 0) is 56.2 Å². The van der Waals surface area contributed by atoms with Crippen LogP contribution in [-0.2, 0) is 0 Å². The number of nitrogens with one attached hydrogen (secondary N) is 1. The molecule has 1 atom stereocenters. The second kappa shape index (κ2) is 9.10. The van der Waals surface area contributed by atoms with Crippen LogP contribution in [0.15, 0.2) is 83.0 Å². The van der Waals surface area contributed by atoms with Gasteiger partial charge in [0.25, 0.3) is 5.89 Å². The molecule has 0 saturated carbocycles. The molecule has 0 radical (unpaired) electrons. The van der Waals surface area contributed by atoms with Crippen LogP contribution in [0.1, 0.15) is 35.5 Å². The van der Waals surface area contributed by atoms with Gasteiger partial charge in [0.2, 0.25) is 5.82 Å². The van der Waals surface area contributed by atoms with Crippen LogP contribution in [0, 0.1) is 13.8 Å². The molecular formula is C28H26N4O3. The third-order valence-corrected chi connectivity index (χ3v) is 6.14. The minimum Gasteiger partial charge on any atom is -0.497 e. The van der Waals surface area contributed by atoms with Crippen molar-refractivity contribution >= 4 is 17.3 Å². The third kappa shape index (κ3) is 4.28. The molecule has 2 heterocycles. The molecule has 1 aliphatic heterocycles. The zero-order valence-electron chi connectivity index (χ0n) is 20.1. The summed E-state index contributed by atoms with van der Waals surface area (Å²) in [4.78, 5) is 19.7. The Bertz CT molecular complexity index is 1420. The second-order valence-electron chi connectivity index (χ2n) is 8.62. The molecule has 0 fully saturated rings. The van der Waals surface area contributed by atoms with Crippen molar-refractivity contribution in [3.05, 3.63) is 101 Å². The number of benzene rings is 3. The highest BCUT2D eigenvalue weighted by molar-refractivity contribution is 6.01. The van der Waals surface area contributed by atoms with E-state index in [0.29, 0.717) is 23.2 Å². The molecular weight excluding hydrogens is 440 g/mol. The van der Waals surface area contributed by atoms with Crippen molar-refractivity contribution in [1.82, 2.24) is 15.5 Å². The fraction of sp³-hybridized carbons (Fsp3) is 0.179. The molecule has 1 aromatic heterocycles. The van der Waals surface area contributed by atoms with Crippen molar-refractivity contribution in [2.45, 2.75) is 26.8 Å². The Labute approximate surface area is 204 Å². The number of rotatable bonds is 5. The number of carbonyl (C=O) groups excluding carboxylic acids is 1. The average molecular weight is 467 g/mol.